The monoisotopic (exact) mass is 369 g/mol. The lowest BCUT2D eigenvalue weighted by molar-refractivity contribution is 0.102. The van der Waals surface area contributed by atoms with Gasteiger partial charge < -0.3 is 10.1 Å². The fourth-order valence-corrected chi connectivity index (χ4v) is 3.95. The summed E-state index contributed by atoms with van der Waals surface area (Å²) in [5.41, 5.74) is 3.08. The van der Waals surface area contributed by atoms with Crippen LogP contribution >= 0.6 is 11.8 Å². The van der Waals surface area contributed by atoms with Crippen LogP contribution < -0.4 is 10.1 Å². The molecule has 5 nitrogen and oxygen atoms in total. The second-order valence-electron chi connectivity index (χ2n) is 5.81. The summed E-state index contributed by atoms with van der Waals surface area (Å²) in [6, 6.07) is 13.1. The van der Waals surface area contributed by atoms with Crippen LogP contribution in [-0.2, 0) is 11.5 Å². The summed E-state index contributed by atoms with van der Waals surface area (Å²) in [6.07, 6.45) is 0. The topological polar surface area (TPSA) is 56.1 Å². The summed E-state index contributed by atoms with van der Waals surface area (Å²) >= 11 is 1.75. The molecule has 0 radical (unpaired) electrons. The highest BCUT2D eigenvalue weighted by atomic mass is 32.2. The number of methoxy groups -OCH3 is 1. The van der Waals surface area contributed by atoms with E-state index < -0.39 is 0 Å². The third-order valence-electron chi connectivity index (χ3n) is 4.21. The molecular weight excluding hydrogens is 353 g/mol. The molecule has 0 unspecified atom stereocenters. The molecule has 0 saturated heterocycles. The Morgan fingerprint density at radius 3 is 2.73 bits per heavy atom. The number of para-hydroxylation sites is 1. The smallest absolute Gasteiger partial charge is 0.260 e. The van der Waals surface area contributed by atoms with E-state index in [2.05, 4.69) is 10.4 Å². The highest BCUT2D eigenvalue weighted by Crippen LogP contribution is 2.36. The van der Waals surface area contributed by atoms with Crippen LogP contribution in [0.5, 0.6) is 5.75 Å². The number of fused-ring (bicyclic) bond motifs is 1. The molecule has 0 fully saturated rings. The number of hydrogen-bond acceptors (Lipinski definition) is 4. The minimum Gasteiger partial charge on any atom is -0.496 e. The quantitative estimate of drug-likeness (QED) is 0.755. The van der Waals surface area contributed by atoms with Gasteiger partial charge in [-0.05, 0) is 36.4 Å². The Hall–Kier alpha value is -2.80. The van der Waals surface area contributed by atoms with Gasteiger partial charge in [0.25, 0.3) is 5.91 Å². The molecule has 2 aromatic carbocycles. The van der Waals surface area contributed by atoms with E-state index in [9.17, 15) is 9.18 Å². The third-order valence-corrected chi connectivity index (χ3v) is 5.18. The molecule has 1 N–H and O–H groups in total. The van der Waals surface area contributed by atoms with Gasteiger partial charge in [0.15, 0.2) is 0 Å². The molecule has 3 aromatic rings. The molecule has 2 heterocycles. The minimum absolute atomic E-state index is 0.273. The third kappa shape index (κ3) is 2.94. The van der Waals surface area contributed by atoms with E-state index in [0.717, 1.165) is 22.8 Å². The maximum absolute atomic E-state index is 13.3. The number of carbonyl (C=O) groups is 1. The summed E-state index contributed by atoms with van der Waals surface area (Å²) < 4.78 is 20.2. The van der Waals surface area contributed by atoms with Gasteiger partial charge in [-0.3, -0.25) is 4.79 Å². The van der Waals surface area contributed by atoms with Crippen molar-refractivity contribution in [3.8, 4) is 11.4 Å². The molecular formula is C19H16FN3O2S. The minimum atomic E-state index is -0.316. The lowest BCUT2D eigenvalue weighted by atomic mass is 10.2. The first-order chi connectivity index (χ1) is 12.7. The fraction of sp³-hybridized carbons (Fsp3) is 0.158. The number of nitrogens with zero attached hydrogens (tertiary/aromatic N) is 2. The van der Waals surface area contributed by atoms with Crippen molar-refractivity contribution in [3.05, 3.63) is 71.2 Å². The van der Waals surface area contributed by atoms with Gasteiger partial charge in [0.1, 0.15) is 17.4 Å². The van der Waals surface area contributed by atoms with E-state index >= 15 is 0 Å². The van der Waals surface area contributed by atoms with Crippen LogP contribution in [0.4, 0.5) is 10.2 Å². The maximum Gasteiger partial charge on any atom is 0.260 e. The Balaban J connectivity index is 1.74. The van der Waals surface area contributed by atoms with E-state index in [1.807, 2.05) is 6.07 Å². The fourth-order valence-electron chi connectivity index (χ4n) is 2.92. The average molecular weight is 369 g/mol. The first-order valence-electron chi connectivity index (χ1n) is 8.06. The van der Waals surface area contributed by atoms with Crippen LogP contribution in [0.15, 0.2) is 48.5 Å². The number of rotatable bonds is 4. The van der Waals surface area contributed by atoms with Crippen molar-refractivity contribution in [3.63, 3.8) is 0 Å². The molecule has 0 atom stereocenters. The van der Waals surface area contributed by atoms with E-state index in [1.165, 1.54) is 19.2 Å². The van der Waals surface area contributed by atoms with Gasteiger partial charge in [-0.1, -0.05) is 12.1 Å². The zero-order valence-electron chi connectivity index (χ0n) is 14.0. The molecule has 7 heteroatoms. The summed E-state index contributed by atoms with van der Waals surface area (Å²) in [5.74, 6) is 2.10. The van der Waals surface area contributed by atoms with Crippen molar-refractivity contribution in [2.45, 2.75) is 11.5 Å². The van der Waals surface area contributed by atoms with E-state index in [1.54, 1.807) is 46.8 Å². The molecule has 0 aliphatic carbocycles. The highest BCUT2D eigenvalue weighted by Gasteiger charge is 2.25. The van der Waals surface area contributed by atoms with Crippen LogP contribution in [-0.4, -0.2) is 22.8 Å². The van der Waals surface area contributed by atoms with Gasteiger partial charge >= 0.3 is 0 Å². The molecule has 1 aliphatic heterocycles. The molecule has 0 spiro atoms. The lowest BCUT2D eigenvalue weighted by Gasteiger charge is -2.12. The Bertz CT molecular complexity index is 969. The van der Waals surface area contributed by atoms with Crippen LogP contribution in [0.25, 0.3) is 5.69 Å². The Morgan fingerprint density at radius 2 is 1.96 bits per heavy atom. The number of benzene rings is 2. The van der Waals surface area contributed by atoms with Crippen molar-refractivity contribution >= 4 is 23.5 Å². The average Bonchev–Trinajstić information content (AvgIpc) is 3.25. The normalized spacial score (nSPS) is 12.7. The first kappa shape index (κ1) is 16.7. The van der Waals surface area contributed by atoms with Crippen LogP contribution in [0.3, 0.4) is 0 Å². The summed E-state index contributed by atoms with van der Waals surface area (Å²) in [4.78, 5) is 12.8. The first-order valence-corrected chi connectivity index (χ1v) is 9.21. The number of ether oxygens (including phenoxy) is 1. The Labute approximate surface area is 154 Å². The number of amides is 1. The van der Waals surface area contributed by atoms with Crippen molar-refractivity contribution < 1.29 is 13.9 Å². The zero-order valence-corrected chi connectivity index (χ0v) is 14.8. The van der Waals surface area contributed by atoms with E-state index in [0.29, 0.717) is 22.8 Å². The molecule has 1 aromatic heterocycles. The second-order valence-corrected chi connectivity index (χ2v) is 6.79. The molecule has 1 aliphatic rings. The number of anilines is 1. The Kier molecular flexibility index (Phi) is 4.38. The standard InChI is InChI=1S/C19H16FN3O2S/c1-25-17-5-3-2-4-14(17)19(24)21-18-15-10-26-11-16(15)22-23(18)13-8-6-12(20)7-9-13/h2-9H,10-11H2,1H3,(H,21,24). The van der Waals surface area contributed by atoms with Crippen molar-refractivity contribution in [1.82, 2.24) is 9.78 Å². The SMILES string of the molecule is COc1ccccc1C(=O)Nc1c2c(nn1-c1ccc(F)cc1)CSC2. The maximum atomic E-state index is 13.3. The second kappa shape index (κ2) is 6.84. The summed E-state index contributed by atoms with van der Waals surface area (Å²) in [5, 5.41) is 7.58. The molecule has 0 bridgehead atoms. The zero-order chi connectivity index (χ0) is 18.1. The largest absolute Gasteiger partial charge is 0.496 e. The molecule has 4 rings (SSSR count). The molecule has 0 saturated carbocycles. The number of thioether (sulfide) groups is 1. The lowest BCUT2D eigenvalue weighted by Crippen LogP contribution is -2.17. The highest BCUT2D eigenvalue weighted by molar-refractivity contribution is 7.98. The van der Waals surface area contributed by atoms with Crippen molar-refractivity contribution in [2.75, 3.05) is 12.4 Å². The van der Waals surface area contributed by atoms with Crippen LogP contribution in [0, 0.1) is 5.82 Å². The van der Waals surface area contributed by atoms with Crippen molar-refractivity contribution in [1.29, 1.82) is 0 Å². The number of carbonyl (C=O) groups excluding carboxylic acids is 1. The van der Waals surface area contributed by atoms with Crippen LogP contribution in [0.1, 0.15) is 21.6 Å². The predicted molar refractivity (Wildman–Crippen MR) is 99.5 cm³/mol. The Morgan fingerprint density at radius 1 is 1.19 bits per heavy atom. The van der Waals surface area contributed by atoms with Crippen LogP contribution in [0.2, 0.25) is 0 Å². The van der Waals surface area contributed by atoms with Gasteiger partial charge in [-0.15, -0.1) is 0 Å². The van der Waals surface area contributed by atoms with Gasteiger partial charge in [0, 0.05) is 17.1 Å². The van der Waals surface area contributed by atoms with Gasteiger partial charge in [0.2, 0.25) is 0 Å². The summed E-state index contributed by atoms with van der Waals surface area (Å²) in [7, 11) is 1.53. The number of halogens is 1. The number of hydrogen-bond donors (Lipinski definition) is 1. The van der Waals surface area contributed by atoms with Crippen molar-refractivity contribution in [2.24, 2.45) is 0 Å². The van der Waals surface area contributed by atoms with E-state index in [-0.39, 0.29) is 11.7 Å². The molecule has 1 amide bonds. The number of nitrogens with one attached hydrogen (secondary N) is 1. The van der Waals surface area contributed by atoms with E-state index in [4.69, 9.17) is 4.74 Å². The van der Waals surface area contributed by atoms with Gasteiger partial charge in [-0.25, -0.2) is 9.07 Å². The molecule has 26 heavy (non-hydrogen) atoms. The van der Waals surface area contributed by atoms with Gasteiger partial charge in [0.05, 0.1) is 24.1 Å². The summed E-state index contributed by atoms with van der Waals surface area (Å²) in [6.45, 7) is 0. The molecule has 132 valence electrons. The van der Waals surface area contributed by atoms with Gasteiger partial charge in [-0.2, -0.15) is 16.9 Å². The predicted octanol–water partition coefficient (Wildman–Crippen LogP) is 4.02. The number of aromatic nitrogens is 2.